The van der Waals surface area contributed by atoms with E-state index in [4.69, 9.17) is 9.52 Å². The van der Waals surface area contributed by atoms with E-state index in [0.29, 0.717) is 11.8 Å². The first-order valence-corrected chi connectivity index (χ1v) is 4.78. The molecule has 0 unspecified atom stereocenters. The predicted octanol–water partition coefficient (Wildman–Crippen LogP) is 0.286. The Bertz CT molecular complexity index is 614. The molecule has 17 heavy (non-hydrogen) atoms. The van der Waals surface area contributed by atoms with Crippen molar-refractivity contribution in [2.75, 3.05) is 0 Å². The molecule has 7 heteroatoms. The monoisotopic (exact) mass is 235 g/mol. The van der Waals surface area contributed by atoms with Crippen LogP contribution in [-0.4, -0.2) is 25.8 Å². The quantitative estimate of drug-likeness (QED) is 0.820. The molecule has 88 valence electrons. The molecule has 0 bridgehead atoms. The lowest BCUT2D eigenvalue weighted by Gasteiger charge is -2.03. The van der Waals surface area contributed by atoms with Gasteiger partial charge in [-0.3, -0.25) is 4.79 Å². The highest BCUT2D eigenvalue weighted by Gasteiger charge is 2.09. The fraction of sp³-hybridized carbons (Fsp3) is 0.200. The van der Waals surface area contributed by atoms with Gasteiger partial charge in [0.1, 0.15) is 12.1 Å². The summed E-state index contributed by atoms with van der Waals surface area (Å²) in [5.41, 5.74) is -0.820. The lowest BCUT2D eigenvalue weighted by molar-refractivity contribution is 0.0694. The maximum Gasteiger partial charge on any atom is 0.341 e. The first-order chi connectivity index (χ1) is 8.06. The van der Waals surface area contributed by atoms with Crippen LogP contribution in [0.3, 0.4) is 0 Å². The summed E-state index contributed by atoms with van der Waals surface area (Å²) < 4.78 is 6.65. The minimum Gasteiger partial charge on any atom is -0.477 e. The number of rotatable bonds is 3. The van der Waals surface area contributed by atoms with Gasteiger partial charge < -0.3 is 14.1 Å². The zero-order valence-corrected chi connectivity index (χ0v) is 8.95. The van der Waals surface area contributed by atoms with Crippen LogP contribution in [0.1, 0.15) is 22.1 Å². The molecule has 2 aromatic rings. The van der Waals surface area contributed by atoms with Crippen molar-refractivity contribution in [3.05, 3.63) is 46.0 Å². The van der Waals surface area contributed by atoms with Crippen molar-refractivity contribution >= 4 is 5.97 Å². The third kappa shape index (κ3) is 2.39. The number of nitrogens with zero attached hydrogens (tertiary/aromatic N) is 3. The molecule has 0 fully saturated rings. The molecular weight excluding hydrogens is 226 g/mol. The molecule has 0 saturated heterocycles. The average Bonchev–Trinajstić information content (AvgIpc) is 2.66. The van der Waals surface area contributed by atoms with Crippen molar-refractivity contribution in [1.82, 2.24) is 14.8 Å². The Morgan fingerprint density at radius 1 is 1.53 bits per heavy atom. The highest BCUT2D eigenvalue weighted by Crippen LogP contribution is 2.01. The van der Waals surface area contributed by atoms with Crippen LogP contribution in [0, 0.1) is 6.92 Å². The number of carboxylic acids is 1. The standard InChI is InChI=1S/C10H9N3O4/c1-6-11-12-9(17-6)5-13-3-2-8(14)7(4-13)10(15)16/h2-4H,5H2,1H3,(H,15,16). The van der Waals surface area contributed by atoms with Crippen LogP contribution in [0.15, 0.2) is 27.7 Å². The maximum atomic E-state index is 11.2. The number of pyridine rings is 1. The van der Waals surface area contributed by atoms with Gasteiger partial charge in [0.15, 0.2) is 5.43 Å². The molecule has 2 rings (SSSR count). The van der Waals surface area contributed by atoms with Crippen LogP contribution in [-0.2, 0) is 6.54 Å². The lowest BCUT2D eigenvalue weighted by atomic mass is 10.3. The van der Waals surface area contributed by atoms with E-state index in [2.05, 4.69) is 10.2 Å². The number of hydrogen-bond donors (Lipinski definition) is 1. The van der Waals surface area contributed by atoms with Gasteiger partial charge in [0.05, 0.1) is 0 Å². The van der Waals surface area contributed by atoms with E-state index in [1.807, 2.05) is 0 Å². The van der Waals surface area contributed by atoms with Gasteiger partial charge in [0, 0.05) is 25.4 Å². The summed E-state index contributed by atoms with van der Waals surface area (Å²) in [4.78, 5) is 22.0. The molecule has 0 aliphatic rings. The van der Waals surface area contributed by atoms with Crippen molar-refractivity contribution in [3.63, 3.8) is 0 Å². The summed E-state index contributed by atoms with van der Waals surface area (Å²) in [5.74, 6) is -0.479. The Balaban J connectivity index is 2.31. The summed E-state index contributed by atoms with van der Waals surface area (Å²) >= 11 is 0. The van der Waals surface area contributed by atoms with Gasteiger partial charge in [-0.25, -0.2) is 4.79 Å². The van der Waals surface area contributed by atoms with E-state index in [9.17, 15) is 9.59 Å². The van der Waals surface area contributed by atoms with Crippen LogP contribution in [0.2, 0.25) is 0 Å². The van der Waals surface area contributed by atoms with Crippen molar-refractivity contribution < 1.29 is 14.3 Å². The van der Waals surface area contributed by atoms with Crippen molar-refractivity contribution in [3.8, 4) is 0 Å². The zero-order valence-electron chi connectivity index (χ0n) is 8.95. The molecular formula is C10H9N3O4. The first-order valence-electron chi connectivity index (χ1n) is 4.78. The fourth-order valence-corrected chi connectivity index (χ4v) is 1.34. The van der Waals surface area contributed by atoms with Crippen molar-refractivity contribution in [2.45, 2.75) is 13.5 Å². The average molecular weight is 235 g/mol. The summed E-state index contributed by atoms with van der Waals surface area (Å²) in [6, 6.07) is 1.19. The summed E-state index contributed by atoms with van der Waals surface area (Å²) in [6.45, 7) is 1.88. The third-order valence-electron chi connectivity index (χ3n) is 2.09. The van der Waals surface area contributed by atoms with E-state index in [-0.39, 0.29) is 12.1 Å². The smallest absolute Gasteiger partial charge is 0.341 e. The fourth-order valence-electron chi connectivity index (χ4n) is 1.34. The SMILES string of the molecule is Cc1nnc(Cn2ccc(=O)c(C(=O)O)c2)o1. The number of aromatic nitrogens is 3. The first kappa shape index (κ1) is 11.1. The number of carboxylic acid groups (broad SMARTS) is 1. The van der Waals surface area contributed by atoms with Crippen LogP contribution >= 0.6 is 0 Å². The molecule has 0 spiro atoms. The van der Waals surface area contributed by atoms with Crippen molar-refractivity contribution in [2.24, 2.45) is 0 Å². The minimum absolute atomic E-state index is 0.224. The Labute approximate surface area is 95.3 Å². The second-order valence-electron chi connectivity index (χ2n) is 3.42. The van der Waals surface area contributed by atoms with E-state index in [1.165, 1.54) is 23.0 Å². The van der Waals surface area contributed by atoms with Crippen LogP contribution in [0.25, 0.3) is 0 Å². The van der Waals surface area contributed by atoms with Gasteiger partial charge in [-0.15, -0.1) is 10.2 Å². The second-order valence-corrected chi connectivity index (χ2v) is 3.42. The van der Waals surface area contributed by atoms with Gasteiger partial charge in [-0.05, 0) is 0 Å². The largest absolute Gasteiger partial charge is 0.477 e. The number of aromatic carboxylic acids is 1. The minimum atomic E-state index is -1.26. The van der Waals surface area contributed by atoms with E-state index in [0.717, 1.165) is 0 Å². The third-order valence-corrected chi connectivity index (χ3v) is 2.09. The Hall–Kier alpha value is -2.44. The molecule has 2 heterocycles. The van der Waals surface area contributed by atoms with E-state index < -0.39 is 11.4 Å². The summed E-state index contributed by atoms with van der Waals surface area (Å²) in [5, 5.41) is 16.2. The zero-order chi connectivity index (χ0) is 12.4. The van der Waals surface area contributed by atoms with Gasteiger partial charge >= 0.3 is 5.97 Å². The molecule has 2 aromatic heterocycles. The van der Waals surface area contributed by atoms with E-state index in [1.54, 1.807) is 6.92 Å². The van der Waals surface area contributed by atoms with Gasteiger partial charge in [-0.2, -0.15) is 0 Å². The Morgan fingerprint density at radius 3 is 2.88 bits per heavy atom. The molecule has 1 N–H and O–H groups in total. The van der Waals surface area contributed by atoms with Crippen LogP contribution in [0.5, 0.6) is 0 Å². The highest BCUT2D eigenvalue weighted by atomic mass is 16.4. The predicted molar refractivity (Wildman–Crippen MR) is 55.8 cm³/mol. The molecule has 0 atom stereocenters. The number of hydrogen-bond acceptors (Lipinski definition) is 5. The Morgan fingerprint density at radius 2 is 2.29 bits per heavy atom. The van der Waals surface area contributed by atoms with Gasteiger partial charge in [-0.1, -0.05) is 0 Å². The van der Waals surface area contributed by atoms with Crippen LogP contribution < -0.4 is 5.43 Å². The molecule has 0 saturated carbocycles. The van der Waals surface area contributed by atoms with Gasteiger partial charge in [0.2, 0.25) is 11.8 Å². The van der Waals surface area contributed by atoms with Crippen molar-refractivity contribution in [1.29, 1.82) is 0 Å². The van der Waals surface area contributed by atoms with E-state index >= 15 is 0 Å². The molecule has 0 aromatic carbocycles. The summed E-state index contributed by atoms with van der Waals surface area (Å²) in [7, 11) is 0. The Kier molecular flexibility index (Phi) is 2.73. The molecule has 0 radical (unpaired) electrons. The van der Waals surface area contributed by atoms with Gasteiger partial charge in [0.25, 0.3) is 0 Å². The summed E-state index contributed by atoms with van der Waals surface area (Å²) in [6.07, 6.45) is 2.71. The topological polar surface area (TPSA) is 98.2 Å². The molecule has 0 amide bonds. The number of aryl methyl sites for hydroxylation is 1. The molecule has 7 nitrogen and oxygen atoms in total. The molecule has 0 aliphatic carbocycles. The lowest BCUT2D eigenvalue weighted by Crippen LogP contribution is -2.16. The highest BCUT2D eigenvalue weighted by molar-refractivity contribution is 5.86. The number of carbonyl (C=O) groups is 1. The normalized spacial score (nSPS) is 10.4. The second kappa shape index (κ2) is 4.20. The van der Waals surface area contributed by atoms with Crippen LogP contribution in [0.4, 0.5) is 0 Å². The maximum absolute atomic E-state index is 11.2. The molecule has 0 aliphatic heterocycles.